The third kappa shape index (κ3) is 2.43. The zero-order valence-electron chi connectivity index (χ0n) is 7.79. The van der Waals surface area contributed by atoms with Crippen molar-refractivity contribution < 1.29 is 4.79 Å². The van der Waals surface area contributed by atoms with Gasteiger partial charge in [-0.15, -0.1) is 0 Å². The van der Waals surface area contributed by atoms with Gasteiger partial charge in [-0.3, -0.25) is 0 Å². The molecule has 0 radical (unpaired) electrons. The summed E-state index contributed by atoms with van der Waals surface area (Å²) >= 11 is 0. The summed E-state index contributed by atoms with van der Waals surface area (Å²) in [5.41, 5.74) is 10.2. The lowest BCUT2D eigenvalue weighted by molar-refractivity contribution is 0.249. The van der Waals surface area contributed by atoms with E-state index in [1.165, 1.54) is 11.1 Å². The molecule has 0 aromatic rings. The molecule has 1 aliphatic rings. The molecular formula is C9H13N3O. The lowest BCUT2D eigenvalue weighted by atomic mass is 10.1. The van der Waals surface area contributed by atoms with Crippen LogP contribution in [0.4, 0.5) is 4.79 Å². The van der Waals surface area contributed by atoms with Crippen LogP contribution >= 0.6 is 0 Å². The van der Waals surface area contributed by atoms with Gasteiger partial charge in [0.05, 0.1) is 5.71 Å². The molecule has 0 heterocycles. The Morgan fingerprint density at radius 2 is 2.31 bits per heavy atom. The Balaban J connectivity index is 2.72. The molecule has 0 aliphatic heterocycles. The third-order valence-electron chi connectivity index (χ3n) is 1.87. The topological polar surface area (TPSA) is 67.5 Å². The maximum Gasteiger partial charge on any atom is 0.332 e. The fourth-order valence-electron chi connectivity index (χ4n) is 1.21. The maximum atomic E-state index is 10.4. The average Bonchev–Trinajstić information content (AvgIpc) is 2.43. The molecule has 0 saturated heterocycles. The van der Waals surface area contributed by atoms with Crippen LogP contribution in [0.25, 0.3) is 0 Å². The van der Waals surface area contributed by atoms with Gasteiger partial charge in [-0.05, 0) is 36.6 Å². The van der Waals surface area contributed by atoms with E-state index in [4.69, 9.17) is 5.73 Å². The normalized spacial score (nSPS) is 18.5. The maximum absolute atomic E-state index is 10.4. The number of carbonyl (C=O) groups is 1. The Hall–Kier alpha value is -1.58. The minimum absolute atomic E-state index is 0.642. The van der Waals surface area contributed by atoms with Crippen LogP contribution in [0.3, 0.4) is 0 Å². The summed E-state index contributed by atoms with van der Waals surface area (Å²) < 4.78 is 0. The van der Waals surface area contributed by atoms with Crippen LogP contribution in [0.2, 0.25) is 0 Å². The van der Waals surface area contributed by atoms with E-state index < -0.39 is 6.03 Å². The van der Waals surface area contributed by atoms with Crippen molar-refractivity contribution in [2.45, 2.75) is 20.3 Å². The van der Waals surface area contributed by atoms with Gasteiger partial charge in [-0.1, -0.05) is 6.92 Å². The highest BCUT2D eigenvalue weighted by molar-refractivity contribution is 6.08. The Bertz CT molecular complexity index is 313. The number of hydrogen-bond acceptors (Lipinski definition) is 2. The van der Waals surface area contributed by atoms with Gasteiger partial charge in [-0.2, -0.15) is 5.10 Å². The van der Waals surface area contributed by atoms with Crippen molar-refractivity contribution >= 4 is 11.7 Å². The number of hydrogen-bond donors (Lipinski definition) is 2. The summed E-state index contributed by atoms with van der Waals surface area (Å²) in [6.07, 6.45) is 4.82. The first kappa shape index (κ1) is 9.51. The Labute approximate surface area is 77.2 Å². The van der Waals surface area contributed by atoms with E-state index in [1.807, 2.05) is 19.1 Å². The van der Waals surface area contributed by atoms with E-state index in [-0.39, 0.29) is 0 Å². The molecule has 70 valence electrons. The third-order valence-corrected chi connectivity index (χ3v) is 1.87. The van der Waals surface area contributed by atoms with Crippen molar-refractivity contribution in [2.24, 2.45) is 10.8 Å². The van der Waals surface area contributed by atoms with Gasteiger partial charge in [0.1, 0.15) is 0 Å². The first-order valence-electron chi connectivity index (χ1n) is 4.16. The van der Waals surface area contributed by atoms with Gasteiger partial charge in [-0.25, -0.2) is 10.2 Å². The number of hydrazone groups is 1. The number of nitrogens with zero attached hydrogens (tertiary/aromatic N) is 1. The van der Waals surface area contributed by atoms with Gasteiger partial charge < -0.3 is 5.73 Å². The highest BCUT2D eigenvalue weighted by atomic mass is 16.2. The van der Waals surface area contributed by atoms with Crippen LogP contribution in [0.5, 0.6) is 0 Å². The Morgan fingerprint density at radius 3 is 2.77 bits per heavy atom. The lowest BCUT2D eigenvalue weighted by Gasteiger charge is -1.94. The second-order valence-electron chi connectivity index (χ2n) is 2.86. The van der Waals surface area contributed by atoms with Crippen LogP contribution < -0.4 is 11.2 Å². The molecule has 13 heavy (non-hydrogen) atoms. The molecule has 1 aliphatic carbocycles. The number of rotatable bonds is 2. The van der Waals surface area contributed by atoms with Crippen molar-refractivity contribution in [3.05, 3.63) is 23.3 Å². The summed E-state index contributed by atoms with van der Waals surface area (Å²) in [4.78, 5) is 10.4. The van der Waals surface area contributed by atoms with E-state index in [0.717, 1.165) is 12.1 Å². The number of carbonyl (C=O) groups excluding carboxylic acids is 1. The average molecular weight is 179 g/mol. The standard InChI is InChI=1S/C9H13N3O/c1-3-7-5-8(4-6(7)2)11-12-9(10)13/h4-5H,3H2,1-2H3,(H3,10,12,13)/b11-8-. The van der Waals surface area contributed by atoms with Crippen molar-refractivity contribution in [1.29, 1.82) is 0 Å². The molecule has 2 amide bonds. The molecular weight excluding hydrogens is 166 g/mol. The highest BCUT2D eigenvalue weighted by Crippen LogP contribution is 2.19. The number of amides is 2. The summed E-state index contributed by atoms with van der Waals surface area (Å²) in [6, 6.07) is -0.642. The minimum Gasteiger partial charge on any atom is -0.350 e. The largest absolute Gasteiger partial charge is 0.350 e. The number of nitrogens with one attached hydrogen (secondary N) is 1. The SMILES string of the molecule is CCC1=C/C(=N\NC(N)=O)C=C1C. The predicted octanol–water partition coefficient (Wildman–Crippen LogP) is 1.31. The monoisotopic (exact) mass is 179 g/mol. The minimum atomic E-state index is -0.642. The lowest BCUT2D eigenvalue weighted by Crippen LogP contribution is -2.25. The summed E-state index contributed by atoms with van der Waals surface area (Å²) in [5.74, 6) is 0. The van der Waals surface area contributed by atoms with E-state index in [9.17, 15) is 4.79 Å². The van der Waals surface area contributed by atoms with Crippen LogP contribution in [0, 0.1) is 0 Å². The molecule has 0 bridgehead atoms. The molecule has 3 N–H and O–H groups in total. The fourth-order valence-corrected chi connectivity index (χ4v) is 1.21. The molecule has 1 rings (SSSR count). The second kappa shape index (κ2) is 3.89. The number of nitrogens with two attached hydrogens (primary N) is 1. The smallest absolute Gasteiger partial charge is 0.332 e. The van der Waals surface area contributed by atoms with Crippen molar-refractivity contribution in [2.75, 3.05) is 0 Å². The molecule has 4 heteroatoms. The van der Waals surface area contributed by atoms with Gasteiger partial charge in [0.2, 0.25) is 0 Å². The number of allylic oxidation sites excluding steroid dienone is 4. The first-order chi connectivity index (χ1) is 6.13. The Kier molecular flexibility index (Phi) is 2.84. The van der Waals surface area contributed by atoms with Crippen LogP contribution in [0.15, 0.2) is 28.4 Å². The predicted molar refractivity (Wildman–Crippen MR) is 52.3 cm³/mol. The zero-order valence-corrected chi connectivity index (χ0v) is 7.79. The molecule has 0 saturated carbocycles. The van der Waals surface area contributed by atoms with Crippen molar-refractivity contribution in [3.8, 4) is 0 Å². The Morgan fingerprint density at radius 1 is 1.62 bits per heavy atom. The van der Waals surface area contributed by atoms with E-state index in [1.54, 1.807) is 0 Å². The van der Waals surface area contributed by atoms with E-state index >= 15 is 0 Å². The second-order valence-corrected chi connectivity index (χ2v) is 2.86. The van der Waals surface area contributed by atoms with Gasteiger partial charge in [0.15, 0.2) is 0 Å². The van der Waals surface area contributed by atoms with Gasteiger partial charge >= 0.3 is 6.03 Å². The molecule has 0 fully saturated rings. The molecule has 0 aromatic heterocycles. The van der Waals surface area contributed by atoms with Crippen LogP contribution in [-0.2, 0) is 0 Å². The first-order valence-corrected chi connectivity index (χ1v) is 4.16. The number of primary amides is 1. The highest BCUT2D eigenvalue weighted by Gasteiger charge is 2.07. The molecule has 0 atom stereocenters. The quantitative estimate of drug-likeness (QED) is 0.616. The zero-order chi connectivity index (χ0) is 9.84. The molecule has 0 unspecified atom stereocenters. The summed E-state index contributed by atoms with van der Waals surface area (Å²) in [7, 11) is 0. The molecule has 0 spiro atoms. The summed E-state index contributed by atoms with van der Waals surface area (Å²) in [5, 5.41) is 3.81. The van der Waals surface area contributed by atoms with Crippen LogP contribution in [0.1, 0.15) is 20.3 Å². The van der Waals surface area contributed by atoms with Gasteiger partial charge in [0, 0.05) is 0 Å². The van der Waals surface area contributed by atoms with Crippen LogP contribution in [-0.4, -0.2) is 11.7 Å². The molecule has 0 aromatic carbocycles. The van der Waals surface area contributed by atoms with Gasteiger partial charge in [0.25, 0.3) is 0 Å². The van der Waals surface area contributed by atoms with E-state index in [2.05, 4.69) is 17.5 Å². The summed E-state index contributed by atoms with van der Waals surface area (Å²) in [6.45, 7) is 4.09. The molecule has 4 nitrogen and oxygen atoms in total. The fraction of sp³-hybridized carbons (Fsp3) is 0.333. The van der Waals surface area contributed by atoms with E-state index in [0.29, 0.717) is 0 Å². The van der Waals surface area contributed by atoms with Crippen molar-refractivity contribution in [3.63, 3.8) is 0 Å². The number of urea groups is 1. The van der Waals surface area contributed by atoms with Crippen molar-refractivity contribution in [1.82, 2.24) is 5.43 Å².